The number of aromatic nitrogens is 1. The smallest absolute Gasteiger partial charge is 0.328 e. The second-order valence-corrected chi connectivity index (χ2v) is 9.31. The molecule has 2 aromatic rings. The average molecular weight is 461 g/mol. The van der Waals surface area contributed by atoms with Crippen LogP contribution in [0.2, 0.25) is 0 Å². The third kappa shape index (κ3) is 6.43. The van der Waals surface area contributed by atoms with Gasteiger partial charge in [-0.15, -0.1) is 0 Å². The monoisotopic (exact) mass is 460 g/mol. The van der Waals surface area contributed by atoms with Crippen LogP contribution in [0, 0.1) is 0 Å². The Morgan fingerprint density at radius 2 is 1.81 bits per heavy atom. The van der Waals surface area contributed by atoms with Gasteiger partial charge in [-0.1, -0.05) is 31.4 Å². The van der Waals surface area contributed by atoms with Gasteiger partial charge in [0.2, 0.25) is 5.88 Å². The van der Waals surface area contributed by atoms with Crippen molar-refractivity contribution < 1.29 is 22.7 Å². The molecule has 1 heterocycles. The minimum absolute atomic E-state index is 0.00387. The molecule has 1 aliphatic carbocycles. The molecule has 0 saturated heterocycles. The van der Waals surface area contributed by atoms with Gasteiger partial charge in [0.05, 0.1) is 12.0 Å². The highest BCUT2D eigenvalue weighted by molar-refractivity contribution is 7.90. The number of urea groups is 1. The standard InChI is InChI=1S/C22H28N4O5S/c1-31-21-19(8-5-14-24-21)20(27)23-15-13-16-9-11-18(12-10-16)32(29,30)26-22(28)25-17-6-3-2-4-7-17/h5,8-12,14,17H,2-4,6-7,13,15H2,1H3,(H,23,27)(H2,25,26,28). The molecule has 0 radical (unpaired) electrons. The van der Waals surface area contributed by atoms with E-state index < -0.39 is 16.1 Å². The lowest BCUT2D eigenvalue weighted by Crippen LogP contribution is -2.45. The Hall–Kier alpha value is -3.14. The zero-order valence-electron chi connectivity index (χ0n) is 18.0. The van der Waals surface area contributed by atoms with Crippen LogP contribution >= 0.6 is 0 Å². The third-order valence-corrected chi connectivity index (χ3v) is 6.66. The normalized spacial score (nSPS) is 14.4. The highest BCUT2D eigenvalue weighted by Crippen LogP contribution is 2.17. The molecule has 0 unspecified atom stereocenters. The van der Waals surface area contributed by atoms with E-state index in [1.165, 1.54) is 19.2 Å². The van der Waals surface area contributed by atoms with Gasteiger partial charge in [0.15, 0.2) is 0 Å². The zero-order valence-corrected chi connectivity index (χ0v) is 18.8. The number of nitrogens with zero attached hydrogens (tertiary/aromatic N) is 1. The molecule has 3 amide bonds. The van der Waals surface area contributed by atoms with E-state index in [9.17, 15) is 18.0 Å². The number of sulfonamides is 1. The van der Waals surface area contributed by atoms with Gasteiger partial charge in [0.1, 0.15) is 5.56 Å². The highest BCUT2D eigenvalue weighted by Gasteiger charge is 2.21. The number of benzene rings is 1. The summed E-state index contributed by atoms with van der Waals surface area (Å²) >= 11 is 0. The van der Waals surface area contributed by atoms with E-state index in [0.29, 0.717) is 18.5 Å². The van der Waals surface area contributed by atoms with E-state index >= 15 is 0 Å². The number of hydrogen-bond acceptors (Lipinski definition) is 6. The number of carbonyl (C=O) groups is 2. The Balaban J connectivity index is 1.50. The first-order chi connectivity index (χ1) is 15.4. The number of amides is 3. The van der Waals surface area contributed by atoms with Crippen molar-refractivity contribution in [1.29, 1.82) is 0 Å². The number of pyridine rings is 1. The Morgan fingerprint density at radius 1 is 1.09 bits per heavy atom. The summed E-state index contributed by atoms with van der Waals surface area (Å²) in [6.45, 7) is 0.352. The summed E-state index contributed by atoms with van der Waals surface area (Å²) in [6.07, 6.45) is 7.00. The summed E-state index contributed by atoms with van der Waals surface area (Å²) in [4.78, 5) is 28.4. The largest absolute Gasteiger partial charge is 0.480 e. The predicted octanol–water partition coefficient (Wildman–Crippen LogP) is 2.38. The molecule has 1 aromatic carbocycles. The van der Waals surface area contributed by atoms with Crippen molar-refractivity contribution in [2.75, 3.05) is 13.7 Å². The van der Waals surface area contributed by atoms with Crippen LogP contribution in [0.25, 0.3) is 0 Å². The molecule has 1 saturated carbocycles. The lowest BCUT2D eigenvalue weighted by molar-refractivity contribution is 0.0950. The molecule has 0 spiro atoms. The fraction of sp³-hybridized carbons (Fsp3) is 0.409. The fourth-order valence-corrected chi connectivity index (χ4v) is 4.54. The van der Waals surface area contributed by atoms with Gasteiger partial charge in [-0.25, -0.2) is 22.9 Å². The van der Waals surface area contributed by atoms with Crippen molar-refractivity contribution in [3.8, 4) is 5.88 Å². The second-order valence-electron chi connectivity index (χ2n) is 7.62. The average Bonchev–Trinajstić information content (AvgIpc) is 2.79. The third-order valence-electron chi connectivity index (χ3n) is 5.31. The minimum Gasteiger partial charge on any atom is -0.480 e. The molecule has 9 nitrogen and oxygen atoms in total. The maximum absolute atomic E-state index is 12.5. The number of methoxy groups -OCH3 is 1. The molecule has 172 valence electrons. The molecule has 3 rings (SSSR count). The van der Waals surface area contributed by atoms with Gasteiger partial charge >= 0.3 is 6.03 Å². The number of carbonyl (C=O) groups excluding carboxylic acids is 2. The van der Waals surface area contributed by atoms with Crippen molar-refractivity contribution in [2.24, 2.45) is 0 Å². The molecule has 10 heteroatoms. The summed E-state index contributed by atoms with van der Waals surface area (Å²) < 4.78 is 32.1. The Bertz CT molecular complexity index is 1030. The second kappa shape index (κ2) is 10.9. The van der Waals surface area contributed by atoms with E-state index in [1.54, 1.807) is 30.5 Å². The van der Waals surface area contributed by atoms with Crippen LogP contribution in [0.4, 0.5) is 4.79 Å². The zero-order chi connectivity index (χ0) is 23.0. The van der Waals surface area contributed by atoms with Crippen LogP contribution in [0.1, 0.15) is 48.0 Å². The highest BCUT2D eigenvalue weighted by atomic mass is 32.2. The Morgan fingerprint density at radius 3 is 2.50 bits per heavy atom. The molecular weight excluding hydrogens is 432 g/mol. The topological polar surface area (TPSA) is 126 Å². The molecule has 0 aliphatic heterocycles. The number of rotatable bonds is 8. The summed E-state index contributed by atoms with van der Waals surface area (Å²) in [5.41, 5.74) is 1.18. The van der Waals surface area contributed by atoms with E-state index in [1.807, 2.05) is 0 Å². The first kappa shape index (κ1) is 23.5. The molecule has 32 heavy (non-hydrogen) atoms. The summed E-state index contributed by atoms with van der Waals surface area (Å²) in [5, 5.41) is 5.52. The van der Waals surface area contributed by atoms with Crippen molar-refractivity contribution in [2.45, 2.75) is 49.5 Å². The van der Waals surface area contributed by atoms with E-state index in [4.69, 9.17) is 4.74 Å². The van der Waals surface area contributed by atoms with Gasteiger partial charge in [0.25, 0.3) is 15.9 Å². The van der Waals surface area contributed by atoms with E-state index in [0.717, 1.165) is 37.7 Å². The first-order valence-corrected chi connectivity index (χ1v) is 12.1. The number of ether oxygens (including phenoxy) is 1. The lowest BCUT2D eigenvalue weighted by atomic mass is 9.96. The molecule has 3 N–H and O–H groups in total. The minimum atomic E-state index is -3.96. The van der Waals surface area contributed by atoms with Crippen molar-refractivity contribution >= 4 is 22.0 Å². The van der Waals surface area contributed by atoms with Crippen LogP contribution in [0.3, 0.4) is 0 Å². The fourth-order valence-electron chi connectivity index (χ4n) is 3.62. The molecular formula is C22H28N4O5S. The van der Waals surface area contributed by atoms with Crippen molar-refractivity contribution in [3.63, 3.8) is 0 Å². The number of nitrogens with one attached hydrogen (secondary N) is 3. The van der Waals surface area contributed by atoms with Gasteiger partial charge in [-0.05, 0) is 49.1 Å². The van der Waals surface area contributed by atoms with Crippen molar-refractivity contribution in [1.82, 2.24) is 20.3 Å². The first-order valence-electron chi connectivity index (χ1n) is 10.6. The molecule has 1 aromatic heterocycles. The summed E-state index contributed by atoms with van der Waals surface area (Å²) in [7, 11) is -2.51. The lowest BCUT2D eigenvalue weighted by Gasteiger charge is -2.22. The molecule has 1 fully saturated rings. The van der Waals surface area contributed by atoms with Crippen LogP contribution in [0.15, 0.2) is 47.5 Å². The molecule has 1 aliphatic rings. The van der Waals surface area contributed by atoms with E-state index in [2.05, 4.69) is 20.3 Å². The van der Waals surface area contributed by atoms with Crippen LogP contribution in [-0.4, -0.2) is 45.0 Å². The molecule has 0 atom stereocenters. The Kier molecular flexibility index (Phi) is 8.04. The van der Waals surface area contributed by atoms with Crippen LogP contribution in [-0.2, 0) is 16.4 Å². The van der Waals surface area contributed by atoms with E-state index in [-0.39, 0.29) is 22.7 Å². The van der Waals surface area contributed by atoms with Crippen molar-refractivity contribution in [3.05, 3.63) is 53.7 Å². The van der Waals surface area contributed by atoms with Gasteiger partial charge in [-0.2, -0.15) is 0 Å². The van der Waals surface area contributed by atoms with Gasteiger partial charge in [-0.3, -0.25) is 4.79 Å². The quantitative estimate of drug-likeness (QED) is 0.555. The SMILES string of the molecule is COc1ncccc1C(=O)NCCc1ccc(S(=O)(=O)NC(=O)NC2CCCCC2)cc1. The summed E-state index contributed by atoms with van der Waals surface area (Å²) in [5.74, 6) is -0.0538. The van der Waals surface area contributed by atoms with Gasteiger partial charge in [0, 0.05) is 18.8 Å². The predicted molar refractivity (Wildman–Crippen MR) is 119 cm³/mol. The van der Waals surface area contributed by atoms with Crippen LogP contribution < -0.4 is 20.1 Å². The number of hydrogen-bond donors (Lipinski definition) is 3. The molecule has 0 bridgehead atoms. The van der Waals surface area contributed by atoms with Crippen LogP contribution in [0.5, 0.6) is 5.88 Å². The maximum atomic E-state index is 12.5. The maximum Gasteiger partial charge on any atom is 0.328 e. The summed E-state index contributed by atoms with van der Waals surface area (Å²) in [6, 6.07) is 8.79. The Labute approximate surface area is 188 Å². The van der Waals surface area contributed by atoms with Gasteiger partial charge < -0.3 is 15.4 Å².